The number of fused-ring (bicyclic) bond motifs is 7. The van der Waals surface area contributed by atoms with E-state index >= 15 is 0 Å². The summed E-state index contributed by atoms with van der Waals surface area (Å²) >= 11 is 0. The molecule has 0 bridgehead atoms. The molecule has 2 nitrogen and oxygen atoms in total. The van der Waals surface area contributed by atoms with E-state index in [1.54, 1.807) is 0 Å². The minimum atomic E-state index is 0.153. The monoisotopic (exact) mass is 311 g/mol. The lowest BCUT2D eigenvalue weighted by atomic mass is 9.90. The van der Waals surface area contributed by atoms with Crippen molar-refractivity contribution in [3.63, 3.8) is 0 Å². The molecule has 0 spiro atoms. The molecule has 0 fully saturated rings. The van der Waals surface area contributed by atoms with Gasteiger partial charge in [0, 0.05) is 11.3 Å². The maximum Gasteiger partial charge on any atom is 0.151 e. The van der Waals surface area contributed by atoms with Crippen LogP contribution in [0, 0.1) is 0 Å². The van der Waals surface area contributed by atoms with Gasteiger partial charge < -0.3 is 9.64 Å². The van der Waals surface area contributed by atoms with Gasteiger partial charge in [-0.1, -0.05) is 54.6 Å². The second-order valence-electron chi connectivity index (χ2n) is 6.33. The van der Waals surface area contributed by atoms with Crippen molar-refractivity contribution in [2.75, 3.05) is 4.90 Å². The summed E-state index contributed by atoms with van der Waals surface area (Å²) in [6.07, 6.45) is 2.29. The van der Waals surface area contributed by atoms with Crippen molar-refractivity contribution < 1.29 is 4.74 Å². The summed E-state index contributed by atoms with van der Waals surface area (Å²) in [5.74, 6) is 1.83. The zero-order valence-corrected chi connectivity index (χ0v) is 13.4. The number of nitrogens with zero attached hydrogens (tertiary/aromatic N) is 1. The van der Waals surface area contributed by atoms with Gasteiger partial charge in [-0.15, -0.1) is 0 Å². The Kier molecular flexibility index (Phi) is 2.80. The number of rotatable bonds is 0. The second kappa shape index (κ2) is 5.00. The predicted octanol–water partition coefficient (Wildman–Crippen LogP) is 6.09. The summed E-state index contributed by atoms with van der Waals surface area (Å²) in [6.45, 7) is 2.21. The summed E-state index contributed by atoms with van der Waals surface area (Å²) in [7, 11) is 0. The van der Waals surface area contributed by atoms with Crippen LogP contribution in [0.2, 0.25) is 0 Å². The molecule has 24 heavy (non-hydrogen) atoms. The Morgan fingerprint density at radius 1 is 0.750 bits per heavy atom. The summed E-state index contributed by atoms with van der Waals surface area (Å²) in [5.41, 5.74) is 6.11. The third-order valence-corrected chi connectivity index (χ3v) is 4.83. The molecule has 0 aliphatic carbocycles. The smallest absolute Gasteiger partial charge is 0.151 e. The molecule has 0 saturated carbocycles. The van der Waals surface area contributed by atoms with E-state index in [2.05, 4.69) is 72.5 Å². The Hall–Kier alpha value is -3.00. The molecule has 2 aliphatic rings. The lowest BCUT2D eigenvalue weighted by Crippen LogP contribution is -2.27. The van der Waals surface area contributed by atoms with E-state index in [-0.39, 0.29) is 6.04 Å². The van der Waals surface area contributed by atoms with E-state index in [4.69, 9.17) is 4.74 Å². The van der Waals surface area contributed by atoms with Gasteiger partial charge in [0.15, 0.2) is 5.75 Å². The van der Waals surface area contributed by atoms with Crippen molar-refractivity contribution in [3.8, 4) is 11.5 Å². The summed E-state index contributed by atoms with van der Waals surface area (Å²) in [6, 6.07) is 25.4. The zero-order valence-electron chi connectivity index (χ0n) is 13.4. The standard InChI is InChI=1S/C22H17NO/c1-15-14-16-8-2-4-10-18(16)23-19-11-5-7-13-21(19)24-20-12-6-3-9-17(20)22(15)23/h2-14,22H,1H3. The van der Waals surface area contributed by atoms with Gasteiger partial charge in [-0.25, -0.2) is 0 Å². The largest absolute Gasteiger partial charge is 0.455 e. The van der Waals surface area contributed by atoms with E-state index < -0.39 is 0 Å². The fraction of sp³-hybridized carbons (Fsp3) is 0.0909. The van der Waals surface area contributed by atoms with Crippen LogP contribution in [0.5, 0.6) is 11.5 Å². The fourth-order valence-electron chi connectivity index (χ4n) is 3.81. The van der Waals surface area contributed by atoms with Gasteiger partial charge in [0.2, 0.25) is 0 Å². The van der Waals surface area contributed by atoms with E-state index in [1.165, 1.54) is 22.4 Å². The first-order valence-corrected chi connectivity index (χ1v) is 8.25. The highest BCUT2D eigenvalue weighted by Crippen LogP contribution is 2.52. The molecule has 1 unspecified atom stereocenters. The molecule has 5 rings (SSSR count). The highest BCUT2D eigenvalue weighted by atomic mass is 16.5. The highest BCUT2D eigenvalue weighted by Gasteiger charge is 2.34. The van der Waals surface area contributed by atoms with Gasteiger partial charge >= 0.3 is 0 Å². The van der Waals surface area contributed by atoms with Gasteiger partial charge in [-0.05, 0) is 42.3 Å². The molecule has 2 aliphatic heterocycles. The van der Waals surface area contributed by atoms with Gasteiger partial charge in [-0.2, -0.15) is 0 Å². The molecule has 116 valence electrons. The van der Waals surface area contributed by atoms with E-state index in [0.717, 1.165) is 17.2 Å². The van der Waals surface area contributed by atoms with E-state index in [0.29, 0.717) is 0 Å². The third-order valence-electron chi connectivity index (χ3n) is 4.83. The minimum absolute atomic E-state index is 0.153. The number of ether oxygens (including phenoxy) is 1. The molecular formula is C22H17NO. The van der Waals surface area contributed by atoms with Crippen LogP contribution >= 0.6 is 0 Å². The summed E-state index contributed by atoms with van der Waals surface area (Å²) < 4.78 is 6.29. The minimum Gasteiger partial charge on any atom is -0.455 e. The Morgan fingerprint density at radius 3 is 2.29 bits per heavy atom. The number of benzene rings is 3. The number of hydrogen-bond donors (Lipinski definition) is 0. The summed E-state index contributed by atoms with van der Waals surface area (Å²) in [5, 5.41) is 0. The van der Waals surface area contributed by atoms with Crippen LogP contribution in [-0.4, -0.2) is 0 Å². The molecular weight excluding hydrogens is 294 g/mol. The van der Waals surface area contributed by atoms with Gasteiger partial charge in [0.25, 0.3) is 0 Å². The maximum atomic E-state index is 6.29. The molecule has 2 heteroatoms. The second-order valence-corrected chi connectivity index (χ2v) is 6.33. The van der Waals surface area contributed by atoms with Crippen LogP contribution in [-0.2, 0) is 0 Å². The third kappa shape index (κ3) is 1.83. The first-order valence-electron chi connectivity index (χ1n) is 8.25. The van der Waals surface area contributed by atoms with Crippen molar-refractivity contribution in [3.05, 3.63) is 89.5 Å². The molecule has 0 N–H and O–H groups in total. The van der Waals surface area contributed by atoms with Crippen LogP contribution in [0.4, 0.5) is 11.4 Å². The van der Waals surface area contributed by atoms with Crippen LogP contribution in [0.25, 0.3) is 6.08 Å². The molecule has 0 saturated heterocycles. The first-order chi connectivity index (χ1) is 11.8. The molecule has 0 aromatic heterocycles. The molecule has 1 atom stereocenters. The lowest BCUT2D eigenvalue weighted by molar-refractivity contribution is 0.483. The average Bonchev–Trinajstić information content (AvgIpc) is 2.77. The summed E-state index contributed by atoms with van der Waals surface area (Å²) in [4.78, 5) is 2.41. The van der Waals surface area contributed by atoms with E-state index in [9.17, 15) is 0 Å². The Balaban J connectivity index is 1.87. The van der Waals surface area contributed by atoms with Crippen molar-refractivity contribution in [1.82, 2.24) is 0 Å². The van der Waals surface area contributed by atoms with Crippen molar-refractivity contribution in [2.45, 2.75) is 13.0 Å². The number of hydrogen-bond acceptors (Lipinski definition) is 2. The van der Waals surface area contributed by atoms with Crippen molar-refractivity contribution >= 4 is 17.5 Å². The number of anilines is 2. The van der Waals surface area contributed by atoms with Gasteiger partial charge in [0.05, 0.1) is 11.7 Å². The Labute approximate surface area is 141 Å². The Morgan fingerprint density at radius 2 is 1.42 bits per heavy atom. The molecule has 0 radical (unpaired) electrons. The average molecular weight is 311 g/mol. The van der Waals surface area contributed by atoms with Gasteiger partial charge in [0.1, 0.15) is 5.75 Å². The van der Waals surface area contributed by atoms with Crippen LogP contribution < -0.4 is 9.64 Å². The Bertz CT molecular complexity index is 973. The quantitative estimate of drug-likeness (QED) is 0.498. The molecule has 3 aromatic rings. The highest BCUT2D eigenvalue weighted by molar-refractivity contribution is 5.84. The van der Waals surface area contributed by atoms with E-state index in [1.807, 2.05) is 18.2 Å². The van der Waals surface area contributed by atoms with Crippen LogP contribution in [0.15, 0.2) is 78.4 Å². The van der Waals surface area contributed by atoms with Crippen LogP contribution in [0.1, 0.15) is 24.1 Å². The zero-order chi connectivity index (χ0) is 16.1. The van der Waals surface area contributed by atoms with Crippen molar-refractivity contribution in [2.24, 2.45) is 0 Å². The lowest BCUT2D eigenvalue weighted by Gasteiger charge is -2.37. The van der Waals surface area contributed by atoms with Gasteiger partial charge in [-0.3, -0.25) is 0 Å². The molecule has 2 heterocycles. The first kappa shape index (κ1) is 13.4. The maximum absolute atomic E-state index is 6.29. The topological polar surface area (TPSA) is 12.5 Å². The van der Waals surface area contributed by atoms with Crippen LogP contribution in [0.3, 0.4) is 0 Å². The molecule has 0 amide bonds. The molecule has 3 aromatic carbocycles. The number of para-hydroxylation sites is 4. The SMILES string of the molecule is CC1=Cc2ccccc2N2c3ccccc3Oc3ccccc3C12. The fourth-order valence-corrected chi connectivity index (χ4v) is 3.81. The van der Waals surface area contributed by atoms with Crippen molar-refractivity contribution in [1.29, 1.82) is 0 Å². The predicted molar refractivity (Wildman–Crippen MR) is 97.9 cm³/mol. The normalized spacial score (nSPS) is 17.5.